The van der Waals surface area contributed by atoms with Crippen molar-refractivity contribution in [1.29, 1.82) is 5.41 Å². The summed E-state index contributed by atoms with van der Waals surface area (Å²) in [6.07, 6.45) is 0. The van der Waals surface area contributed by atoms with Gasteiger partial charge in [-0.15, -0.1) is 0 Å². The van der Waals surface area contributed by atoms with E-state index in [2.05, 4.69) is 23.8 Å². The van der Waals surface area contributed by atoms with Crippen LogP contribution in [-0.2, 0) is 0 Å². The van der Waals surface area contributed by atoms with Gasteiger partial charge in [-0.05, 0) is 23.6 Å². The summed E-state index contributed by atoms with van der Waals surface area (Å²) in [5.74, 6) is 0.401. The molecule has 0 heterocycles. The van der Waals surface area contributed by atoms with E-state index >= 15 is 0 Å². The van der Waals surface area contributed by atoms with E-state index in [1.54, 1.807) is 0 Å². The molecular formula is C13H19N5. The second kappa shape index (κ2) is 5.95. The van der Waals surface area contributed by atoms with Gasteiger partial charge < -0.3 is 11.5 Å². The maximum absolute atomic E-state index is 7.34. The van der Waals surface area contributed by atoms with Gasteiger partial charge in [-0.3, -0.25) is 10.4 Å². The van der Waals surface area contributed by atoms with Crippen LogP contribution in [0.25, 0.3) is 0 Å². The minimum atomic E-state index is -0.182. The Labute approximate surface area is 107 Å². The number of hydrogen-bond donors (Lipinski definition) is 3. The summed E-state index contributed by atoms with van der Waals surface area (Å²) in [5.41, 5.74) is 13.3. The Kier molecular flexibility index (Phi) is 4.59. The molecule has 0 radical (unpaired) electrons. The third-order valence-electron chi connectivity index (χ3n) is 2.51. The molecule has 0 saturated heterocycles. The quantitative estimate of drug-likeness (QED) is 0.556. The molecule has 0 fully saturated rings. The van der Waals surface area contributed by atoms with Gasteiger partial charge >= 0.3 is 0 Å². The SMILES string of the molecule is CN=C(C(=N)N)C(N)=Nc1cccc(C(C)C)c1. The molecule has 5 N–H and O–H groups in total. The summed E-state index contributed by atoms with van der Waals surface area (Å²) < 4.78 is 0. The molecule has 0 aliphatic heterocycles. The molecule has 0 spiro atoms. The Morgan fingerprint density at radius 3 is 2.44 bits per heavy atom. The fraction of sp³-hybridized carbons (Fsp3) is 0.308. The Bertz CT molecular complexity index is 500. The van der Waals surface area contributed by atoms with Crippen molar-refractivity contribution in [2.45, 2.75) is 19.8 Å². The summed E-state index contributed by atoms with van der Waals surface area (Å²) in [5, 5.41) is 7.34. The first-order valence-electron chi connectivity index (χ1n) is 5.71. The molecule has 18 heavy (non-hydrogen) atoms. The van der Waals surface area contributed by atoms with E-state index in [0.29, 0.717) is 5.92 Å². The lowest BCUT2D eigenvalue weighted by atomic mass is 10.0. The van der Waals surface area contributed by atoms with Crippen LogP contribution in [0.2, 0.25) is 0 Å². The Morgan fingerprint density at radius 1 is 1.28 bits per heavy atom. The maximum atomic E-state index is 7.34. The number of amidine groups is 2. The van der Waals surface area contributed by atoms with Gasteiger partial charge in [-0.25, -0.2) is 4.99 Å². The van der Waals surface area contributed by atoms with E-state index in [4.69, 9.17) is 16.9 Å². The number of nitrogens with zero attached hydrogens (tertiary/aromatic N) is 2. The van der Waals surface area contributed by atoms with Crippen LogP contribution in [0.15, 0.2) is 34.3 Å². The molecule has 0 atom stereocenters. The van der Waals surface area contributed by atoms with Gasteiger partial charge in [0, 0.05) is 7.05 Å². The number of nitrogens with two attached hydrogens (primary N) is 2. The fourth-order valence-electron chi connectivity index (χ4n) is 1.52. The van der Waals surface area contributed by atoms with Crippen LogP contribution in [0.4, 0.5) is 5.69 Å². The highest BCUT2D eigenvalue weighted by Crippen LogP contribution is 2.20. The van der Waals surface area contributed by atoms with Crippen LogP contribution in [0, 0.1) is 5.41 Å². The molecule has 0 aliphatic rings. The Morgan fingerprint density at radius 2 is 1.94 bits per heavy atom. The first-order valence-corrected chi connectivity index (χ1v) is 5.71. The highest BCUT2D eigenvalue weighted by Gasteiger charge is 2.08. The lowest BCUT2D eigenvalue weighted by Crippen LogP contribution is -2.35. The highest BCUT2D eigenvalue weighted by molar-refractivity contribution is 6.66. The first-order chi connectivity index (χ1) is 8.45. The van der Waals surface area contributed by atoms with Crippen molar-refractivity contribution in [2.75, 3.05) is 7.05 Å². The zero-order chi connectivity index (χ0) is 13.7. The van der Waals surface area contributed by atoms with E-state index in [0.717, 1.165) is 5.69 Å². The molecule has 0 bridgehead atoms. The smallest absolute Gasteiger partial charge is 0.153 e. The van der Waals surface area contributed by atoms with Gasteiger partial charge in [0.05, 0.1) is 5.69 Å². The zero-order valence-corrected chi connectivity index (χ0v) is 10.9. The predicted octanol–water partition coefficient (Wildman–Crippen LogP) is 1.81. The van der Waals surface area contributed by atoms with Crippen LogP contribution >= 0.6 is 0 Å². The molecule has 5 heteroatoms. The van der Waals surface area contributed by atoms with Crippen LogP contribution in [0.1, 0.15) is 25.3 Å². The van der Waals surface area contributed by atoms with Gasteiger partial charge in [0.25, 0.3) is 0 Å². The van der Waals surface area contributed by atoms with Crippen molar-refractivity contribution in [3.63, 3.8) is 0 Å². The summed E-state index contributed by atoms with van der Waals surface area (Å²) in [6, 6.07) is 7.79. The number of nitrogens with one attached hydrogen (secondary N) is 1. The third kappa shape index (κ3) is 3.41. The van der Waals surface area contributed by atoms with Gasteiger partial charge in [0.1, 0.15) is 11.5 Å². The van der Waals surface area contributed by atoms with Crippen molar-refractivity contribution in [1.82, 2.24) is 0 Å². The molecule has 96 valence electrons. The summed E-state index contributed by atoms with van der Waals surface area (Å²) >= 11 is 0. The minimum Gasteiger partial charge on any atom is -0.382 e. The van der Waals surface area contributed by atoms with E-state index in [1.807, 2.05) is 24.3 Å². The lowest BCUT2D eigenvalue weighted by molar-refractivity contribution is 0.867. The molecule has 0 aromatic heterocycles. The first kappa shape index (κ1) is 13.9. The van der Waals surface area contributed by atoms with Crippen LogP contribution in [-0.4, -0.2) is 24.4 Å². The molecule has 0 unspecified atom stereocenters. The molecular weight excluding hydrogens is 226 g/mol. The standard InChI is InChI=1S/C13H19N5/c1-8(2)9-5-4-6-10(7-9)18-13(16)11(17-3)12(14)15/h4-8H,1-3H3,(H3,14,15)(H2,16,18). The van der Waals surface area contributed by atoms with E-state index in [-0.39, 0.29) is 17.4 Å². The molecule has 0 aliphatic carbocycles. The zero-order valence-electron chi connectivity index (χ0n) is 10.9. The Balaban J connectivity index is 3.09. The second-order valence-electron chi connectivity index (χ2n) is 4.23. The minimum absolute atomic E-state index is 0.158. The number of aliphatic imine (C=N–C) groups is 2. The van der Waals surface area contributed by atoms with Gasteiger partial charge in [0.2, 0.25) is 0 Å². The van der Waals surface area contributed by atoms with E-state index < -0.39 is 0 Å². The highest BCUT2D eigenvalue weighted by atomic mass is 14.9. The van der Waals surface area contributed by atoms with Crippen molar-refractivity contribution in [3.05, 3.63) is 29.8 Å². The topological polar surface area (TPSA) is 101 Å². The van der Waals surface area contributed by atoms with Crippen LogP contribution < -0.4 is 11.5 Å². The molecule has 1 rings (SSSR count). The summed E-state index contributed by atoms with van der Waals surface area (Å²) in [7, 11) is 1.53. The average molecular weight is 245 g/mol. The van der Waals surface area contributed by atoms with Gasteiger partial charge in [-0.2, -0.15) is 0 Å². The second-order valence-corrected chi connectivity index (χ2v) is 4.23. The van der Waals surface area contributed by atoms with Gasteiger partial charge in [0.15, 0.2) is 5.84 Å². The van der Waals surface area contributed by atoms with E-state index in [1.165, 1.54) is 12.6 Å². The largest absolute Gasteiger partial charge is 0.382 e. The number of rotatable bonds is 4. The fourth-order valence-corrected chi connectivity index (χ4v) is 1.52. The third-order valence-corrected chi connectivity index (χ3v) is 2.51. The molecule has 5 nitrogen and oxygen atoms in total. The maximum Gasteiger partial charge on any atom is 0.153 e. The molecule has 0 saturated carbocycles. The number of benzene rings is 1. The van der Waals surface area contributed by atoms with Crippen LogP contribution in [0.5, 0.6) is 0 Å². The normalized spacial score (nSPS) is 12.9. The van der Waals surface area contributed by atoms with Crippen molar-refractivity contribution in [2.24, 2.45) is 21.5 Å². The monoisotopic (exact) mass is 245 g/mol. The molecule has 0 amide bonds. The molecule has 1 aromatic rings. The summed E-state index contributed by atoms with van der Waals surface area (Å²) in [6.45, 7) is 4.22. The van der Waals surface area contributed by atoms with E-state index in [9.17, 15) is 0 Å². The predicted molar refractivity (Wildman–Crippen MR) is 77.1 cm³/mol. The van der Waals surface area contributed by atoms with Crippen LogP contribution in [0.3, 0.4) is 0 Å². The molecule has 1 aromatic carbocycles. The van der Waals surface area contributed by atoms with Crippen molar-refractivity contribution in [3.8, 4) is 0 Å². The van der Waals surface area contributed by atoms with Gasteiger partial charge in [-0.1, -0.05) is 26.0 Å². The average Bonchev–Trinajstić information content (AvgIpc) is 2.29. The van der Waals surface area contributed by atoms with Crippen molar-refractivity contribution < 1.29 is 0 Å². The lowest BCUT2D eigenvalue weighted by Gasteiger charge is -2.07. The van der Waals surface area contributed by atoms with Crippen molar-refractivity contribution >= 4 is 23.1 Å². The Hall–Kier alpha value is -2.17. The number of hydrogen-bond acceptors (Lipinski definition) is 3. The summed E-state index contributed by atoms with van der Waals surface area (Å²) in [4.78, 5) is 8.09.